The van der Waals surface area contributed by atoms with Crippen LogP contribution < -0.4 is 4.72 Å². The zero-order valence-corrected chi connectivity index (χ0v) is 16.1. The Kier molecular flexibility index (Phi) is 6.97. The molecule has 1 fully saturated rings. The topological polar surface area (TPSA) is 92.8 Å². The first-order valence-corrected chi connectivity index (χ1v) is 10.6. The number of rotatable bonds is 7. The van der Waals surface area contributed by atoms with Gasteiger partial charge in [-0.2, -0.15) is 4.72 Å². The van der Waals surface area contributed by atoms with Gasteiger partial charge < -0.3 is 9.64 Å². The number of nitrogens with one attached hydrogen (secondary N) is 1. The summed E-state index contributed by atoms with van der Waals surface area (Å²) < 4.78 is 31.0. The van der Waals surface area contributed by atoms with Crippen LogP contribution in [0.5, 0.6) is 0 Å². The van der Waals surface area contributed by atoms with Crippen LogP contribution in [0.15, 0.2) is 21.7 Å². The van der Waals surface area contributed by atoms with E-state index < -0.39 is 22.5 Å². The zero-order chi connectivity index (χ0) is 18.4. The second-order valence-electron chi connectivity index (χ2n) is 6.34. The quantitative estimate of drug-likeness (QED) is 0.717. The van der Waals surface area contributed by atoms with Crippen LogP contribution in [0.3, 0.4) is 0 Å². The molecule has 1 saturated carbocycles. The van der Waals surface area contributed by atoms with Crippen LogP contribution in [0, 0.1) is 5.92 Å². The highest BCUT2D eigenvalue weighted by atomic mass is 32.2. The molecule has 140 valence electrons. The maximum absolute atomic E-state index is 12.1. The van der Waals surface area contributed by atoms with E-state index in [9.17, 15) is 18.0 Å². The number of nitrogens with zero attached hydrogens (tertiary/aromatic N) is 1. The molecule has 1 amide bonds. The van der Waals surface area contributed by atoms with E-state index in [1.165, 1.54) is 6.07 Å². The van der Waals surface area contributed by atoms with Crippen LogP contribution in [0.4, 0.5) is 0 Å². The van der Waals surface area contributed by atoms with Crippen molar-refractivity contribution in [2.24, 2.45) is 5.92 Å². The highest BCUT2D eigenvalue weighted by molar-refractivity contribution is 7.91. The highest BCUT2D eigenvalue weighted by Gasteiger charge is 2.25. The molecule has 0 aromatic carbocycles. The van der Waals surface area contributed by atoms with E-state index in [0.29, 0.717) is 5.92 Å². The molecule has 1 aliphatic carbocycles. The first-order valence-electron chi connectivity index (χ1n) is 8.24. The monoisotopic (exact) mass is 388 g/mol. The number of likely N-dealkylation sites (N-methyl/N-ethyl adjacent to an activating group) is 1. The third-order valence-corrected chi connectivity index (χ3v) is 7.25. The van der Waals surface area contributed by atoms with Gasteiger partial charge in [-0.15, -0.1) is 11.3 Å². The molecule has 0 aliphatic heterocycles. The van der Waals surface area contributed by atoms with Crippen molar-refractivity contribution in [1.82, 2.24) is 9.62 Å². The van der Waals surface area contributed by atoms with Gasteiger partial charge in [0.05, 0.1) is 0 Å². The van der Waals surface area contributed by atoms with E-state index in [2.05, 4.69) is 11.6 Å². The van der Waals surface area contributed by atoms with Gasteiger partial charge in [-0.25, -0.2) is 8.42 Å². The molecule has 0 atom stereocenters. The molecule has 0 unspecified atom stereocenters. The predicted octanol–water partition coefficient (Wildman–Crippen LogP) is 1.61. The van der Waals surface area contributed by atoms with Gasteiger partial charge in [0, 0.05) is 13.1 Å². The van der Waals surface area contributed by atoms with Gasteiger partial charge in [0.15, 0.2) is 6.61 Å². The lowest BCUT2D eigenvalue weighted by atomic mass is 9.87. The third-order valence-electron chi connectivity index (χ3n) is 4.45. The maximum Gasteiger partial charge on any atom is 0.321 e. The second kappa shape index (κ2) is 8.77. The second-order valence-corrected chi connectivity index (χ2v) is 9.28. The molecule has 1 heterocycles. The van der Waals surface area contributed by atoms with E-state index in [1.807, 2.05) is 0 Å². The minimum Gasteiger partial charge on any atom is -0.455 e. The lowest BCUT2D eigenvalue weighted by Crippen LogP contribution is -2.42. The molecule has 2 rings (SSSR count). The fraction of sp³-hybridized carbons (Fsp3) is 0.625. The van der Waals surface area contributed by atoms with E-state index in [0.717, 1.165) is 37.0 Å². The third kappa shape index (κ3) is 5.79. The Morgan fingerprint density at radius 3 is 2.60 bits per heavy atom. The number of esters is 1. The van der Waals surface area contributed by atoms with Crippen molar-refractivity contribution in [3.8, 4) is 0 Å². The van der Waals surface area contributed by atoms with Crippen LogP contribution in [-0.2, 0) is 24.3 Å². The Morgan fingerprint density at radius 2 is 2.00 bits per heavy atom. The van der Waals surface area contributed by atoms with Crippen molar-refractivity contribution >= 4 is 33.2 Å². The van der Waals surface area contributed by atoms with Crippen molar-refractivity contribution < 1.29 is 22.7 Å². The summed E-state index contributed by atoms with van der Waals surface area (Å²) in [5.41, 5.74) is 0. The van der Waals surface area contributed by atoms with E-state index in [1.54, 1.807) is 23.4 Å². The molecule has 25 heavy (non-hydrogen) atoms. The Labute approximate surface area is 152 Å². The molecule has 0 radical (unpaired) electrons. The number of ether oxygens (including phenoxy) is 1. The van der Waals surface area contributed by atoms with Crippen molar-refractivity contribution in [2.75, 3.05) is 20.2 Å². The van der Waals surface area contributed by atoms with Gasteiger partial charge in [0.2, 0.25) is 0 Å². The summed E-state index contributed by atoms with van der Waals surface area (Å²) in [6.45, 7) is 1.33. The van der Waals surface area contributed by atoms with Crippen LogP contribution in [0.25, 0.3) is 0 Å². The standard InChI is InChI=1S/C16H24N2O5S2/c1-12-5-7-13(8-6-12)18(2)14(19)11-23-15(20)10-17-25(21,22)16-4-3-9-24-16/h3-4,9,12-13,17H,5-8,10-11H2,1-2H3. The molecule has 0 spiro atoms. The summed E-state index contributed by atoms with van der Waals surface area (Å²) in [6.07, 6.45) is 4.09. The van der Waals surface area contributed by atoms with E-state index in [4.69, 9.17) is 4.74 Å². The van der Waals surface area contributed by atoms with Crippen molar-refractivity contribution in [2.45, 2.75) is 42.9 Å². The van der Waals surface area contributed by atoms with Gasteiger partial charge in [0.25, 0.3) is 15.9 Å². The summed E-state index contributed by atoms with van der Waals surface area (Å²) in [4.78, 5) is 25.5. The number of carbonyl (C=O) groups is 2. The molecule has 7 nitrogen and oxygen atoms in total. The number of thiophene rings is 1. The number of amides is 1. The molecular weight excluding hydrogens is 364 g/mol. The molecule has 1 aromatic heterocycles. The van der Waals surface area contributed by atoms with E-state index in [-0.39, 0.29) is 22.8 Å². The number of hydrogen-bond acceptors (Lipinski definition) is 6. The lowest BCUT2D eigenvalue weighted by Gasteiger charge is -2.33. The Balaban J connectivity index is 1.73. The normalized spacial score (nSPS) is 20.9. The van der Waals surface area contributed by atoms with Crippen molar-refractivity contribution in [3.63, 3.8) is 0 Å². The van der Waals surface area contributed by atoms with Crippen LogP contribution in [-0.4, -0.2) is 51.4 Å². The average molecular weight is 389 g/mol. The van der Waals surface area contributed by atoms with Crippen molar-refractivity contribution in [3.05, 3.63) is 17.5 Å². The number of hydrogen-bond donors (Lipinski definition) is 1. The largest absolute Gasteiger partial charge is 0.455 e. The molecule has 0 saturated heterocycles. The molecule has 0 bridgehead atoms. The predicted molar refractivity (Wildman–Crippen MR) is 94.7 cm³/mol. The van der Waals surface area contributed by atoms with Gasteiger partial charge in [-0.3, -0.25) is 9.59 Å². The van der Waals surface area contributed by atoms with Gasteiger partial charge in [-0.1, -0.05) is 13.0 Å². The van der Waals surface area contributed by atoms with Crippen LogP contribution in [0.1, 0.15) is 32.6 Å². The Hall–Kier alpha value is -1.45. The summed E-state index contributed by atoms with van der Waals surface area (Å²) in [7, 11) is -2.00. The Morgan fingerprint density at radius 1 is 1.32 bits per heavy atom. The summed E-state index contributed by atoms with van der Waals surface area (Å²) in [5, 5.41) is 1.63. The summed E-state index contributed by atoms with van der Waals surface area (Å²) in [5.74, 6) is -0.359. The Bertz CT molecular complexity index is 679. The van der Waals surface area contributed by atoms with Gasteiger partial charge in [-0.05, 0) is 43.0 Å². The summed E-state index contributed by atoms with van der Waals surface area (Å²) >= 11 is 1.06. The van der Waals surface area contributed by atoms with E-state index >= 15 is 0 Å². The lowest BCUT2D eigenvalue weighted by molar-refractivity contribution is -0.151. The first kappa shape index (κ1) is 19.9. The van der Waals surface area contributed by atoms with Crippen LogP contribution in [0.2, 0.25) is 0 Å². The average Bonchev–Trinajstić information content (AvgIpc) is 3.13. The molecule has 1 aromatic rings. The minimum absolute atomic E-state index is 0.127. The molecule has 9 heteroatoms. The molecule has 1 N–H and O–H groups in total. The highest BCUT2D eigenvalue weighted by Crippen LogP contribution is 2.26. The fourth-order valence-electron chi connectivity index (χ4n) is 2.77. The number of carbonyl (C=O) groups excluding carboxylic acids is 2. The fourth-order valence-corrected chi connectivity index (χ4v) is 4.78. The van der Waals surface area contributed by atoms with Gasteiger partial charge >= 0.3 is 5.97 Å². The smallest absolute Gasteiger partial charge is 0.321 e. The number of sulfonamides is 1. The molecular formula is C16H24N2O5S2. The molecule has 1 aliphatic rings. The SMILES string of the molecule is CC1CCC(N(C)C(=O)COC(=O)CNS(=O)(=O)c2cccs2)CC1. The maximum atomic E-state index is 12.1. The zero-order valence-electron chi connectivity index (χ0n) is 14.4. The minimum atomic E-state index is -3.72. The van der Waals surface area contributed by atoms with Gasteiger partial charge in [0.1, 0.15) is 10.8 Å². The van der Waals surface area contributed by atoms with Crippen molar-refractivity contribution in [1.29, 1.82) is 0 Å². The summed E-state index contributed by atoms with van der Waals surface area (Å²) in [6, 6.07) is 3.24. The van der Waals surface area contributed by atoms with Crippen LogP contribution >= 0.6 is 11.3 Å². The first-order chi connectivity index (χ1) is 11.8.